The van der Waals surface area contributed by atoms with E-state index in [2.05, 4.69) is 53.8 Å². The van der Waals surface area contributed by atoms with E-state index in [9.17, 15) is 9.59 Å². The molecule has 0 spiro atoms. The number of anilines is 1. The molecule has 0 radical (unpaired) electrons. The monoisotopic (exact) mass is 457 g/mol. The summed E-state index contributed by atoms with van der Waals surface area (Å²) in [5.74, 6) is -0.202. The molecule has 1 amide bonds. The van der Waals surface area contributed by atoms with E-state index in [0.717, 1.165) is 3.57 Å². The molecule has 1 aromatic heterocycles. The van der Waals surface area contributed by atoms with E-state index in [1.807, 2.05) is 12.1 Å². The van der Waals surface area contributed by atoms with Gasteiger partial charge < -0.3 is 15.3 Å². The summed E-state index contributed by atoms with van der Waals surface area (Å²) in [6.07, 6.45) is 0. The lowest BCUT2D eigenvalue weighted by Gasteiger charge is -2.08. The number of carbonyl (C=O) groups excluding carboxylic acids is 1. The second-order valence-corrected chi connectivity index (χ2v) is 6.52. The van der Waals surface area contributed by atoms with E-state index < -0.39 is 0 Å². The van der Waals surface area contributed by atoms with Crippen LogP contribution in [0, 0.1) is 3.57 Å². The van der Waals surface area contributed by atoms with Crippen molar-refractivity contribution in [2.75, 3.05) is 5.32 Å². The van der Waals surface area contributed by atoms with Crippen molar-refractivity contribution < 1.29 is 4.79 Å². The third-order valence-corrected chi connectivity index (χ3v) is 4.27. The van der Waals surface area contributed by atoms with Gasteiger partial charge in [-0.2, -0.15) is 0 Å². The highest BCUT2D eigenvalue weighted by Crippen LogP contribution is 2.27. The quantitative estimate of drug-likeness (QED) is 0.515. The molecular formula is C14H9BrIN3O2. The average molecular weight is 458 g/mol. The highest BCUT2D eigenvalue weighted by Gasteiger charge is 2.10. The number of carbonyl (C=O) groups is 1. The number of aromatic nitrogens is 2. The van der Waals surface area contributed by atoms with Gasteiger partial charge in [0.1, 0.15) is 0 Å². The Balaban J connectivity index is 1.95. The molecule has 3 N–H and O–H groups in total. The largest absolute Gasteiger partial charge is 0.323 e. The predicted octanol–water partition coefficient (Wildman–Crippen LogP) is 3.48. The third kappa shape index (κ3) is 3.03. The smallest absolute Gasteiger partial charge is 0.321 e. The molecule has 106 valence electrons. The van der Waals surface area contributed by atoms with Gasteiger partial charge in [0.2, 0.25) is 0 Å². The fourth-order valence-electron chi connectivity index (χ4n) is 1.98. The van der Waals surface area contributed by atoms with Gasteiger partial charge >= 0.3 is 5.69 Å². The molecule has 0 bridgehead atoms. The standard InChI is InChI=1S/C14H9BrIN3O2/c15-9-5-11-12(19-14(21)18-11)6-10(9)17-13(20)7-2-1-3-8(16)4-7/h1-6H,(H,17,20)(H2,18,19,21). The summed E-state index contributed by atoms with van der Waals surface area (Å²) in [6, 6.07) is 10.8. The molecule has 3 rings (SSSR count). The Morgan fingerprint density at radius 3 is 2.57 bits per heavy atom. The molecule has 0 unspecified atom stereocenters. The first kappa shape index (κ1) is 14.3. The van der Waals surface area contributed by atoms with Crippen LogP contribution in [0.3, 0.4) is 0 Å². The molecule has 5 nitrogen and oxygen atoms in total. The minimum atomic E-state index is -0.280. The predicted molar refractivity (Wildman–Crippen MR) is 93.7 cm³/mol. The SMILES string of the molecule is O=C(Nc1cc2[nH]c(=O)[nH]c2cc1Br)c1cccc(I)c1. The minimum Gasteiger partial charge on any atom is -0.321 e. The number of rotatable bonds is 2. The Hall–Kier alpha value is -1.61. The number of halogens is 2. The van der Waals surface area contributed by atoms with Crippen molar-refractivity contribution >= 4 is 61.1 Å². The zero-order valence-corrected chi connectivity index (χ0v) is 14.3. The number of fused-ring (bicyclic) bond motifs is 1. The van der Waals surface area contributed by atoms with Crippen molar-refractivity contribution in [3.05, 3.63) is 60.5 Å². The number of amides is 1. The van der Waals surface area contributed by atoms with Gasteiger partial charge in [-0.25, -0.2) is 4.79 Å². The number of hydrogen-bond acceptors (Lipinski definition) is 2. The lowest BCUT2D eigenvalue weighted by molar-refractivity contribution is 0.102. The van der Waals surface area contributed by atoms with Crippen LogP contribution in [-0.4, -0.2) is 15.9 Å². The first-order valence-electron chi connectivity index (χ1n) is 6.01. The molecule has 2 aromatic carbocycles. The Morgan fingerprint density at radius 2 is 1.86 bits per heavy atom. The topological polar surface area (TPSA) is 77.8 Å². The fourth-order valence-corrected chi connectivity index (χ4v) is 2.96. The Kier molecular flexibility index (Phi) is 3.85. The molecule has 3 aromatic rings. The van der Waals surface area contributed by atoms with Crippen LogP contribution in [0.4, 0.5) is 5.69 Å². The summed E-state index contributed by atoms with van der Waals surface area (Å²) in [4.78, 5) is 28.9. The zero-order chi connectivity index (χ0) is 15.0. The number of imidazole rings is 1. The maximum absolute atomic E-state index is 12.2. The Labute approximate surface area is 141 Å². The number of hydrogen-bond donors (Lipinski definition) is 3. The third-order valence-electron chi connectivity index (χ3n) is 2.94. The van der Waals surface area contributed by atoms with Gasteiger partial charge in [0.15, 0.2) is 0 Å². The van der Waals surface area contributed by atoms with Gasteiger partial charge in [-0.1, -0.05) is 6.07 Å². The molecular weight excluding hydrogens is 449 g/mol. The summed E-state index contributed by atoms with van der Waals surface area (Å²) in [7, 11) is 0. The van der Waals surface area contributed by atoms with Crippen molar-refractivity contribution in [2.45, 2.75) is 0 Å². The zero-order valence-electron chi connectivity index (χ0n) is 10.5. The highest BCUT2D eigenvalue weighted by atomic mass is 127. The summed E-state index contributed by atoms with van der Waals surface area (Å²) < 4.78 is 1.69. The van der Waals surface area contributed by atoms with Crippen LogP contribution in [-0.2, 0) is 0 Å². The number of benzene rings is 2. The van der Waals surface area contributed by atoms with Crippen molar-refractivity contribution in [3.8, 4) is 0 Å². The van der Waals surface area contributed by atoms with Crippen molar-refractivity contribution in [2.24, 2.45) is 0 Å². The molecule has 0 fully saturated rings. The summed E-state index contributed by atoms with van der Waals surface area (Å²) in [5, 5.41) is 2.83. The van der Waals surface area contributed by atoms with E-state index in [1.165, 1.54) is 0 Å². The van der Waals surface area contributed by atoms with Crippen LogP contribution in [0.25, 0.3) is 11.0 Å². The van der Waals surface area contributed by atoms with Crippen molar-refractivity contribution in [1.29, 1.82) is 0 Å². The van der Waals surface area contributed by atoms with Gasteiger partial charge in [0, 0.05) is 13.6 Å². The van der Waals surface area contributed by atoms with Crippen molar-refractivity contribution in [1.82, 2.24) is 9.97 Å². The number of aromatic amines is 2. The molecule has 1 heterocycles. The maximum atomic E-state index is 12.2. The Morgan fingerprint density at radius 1 is 1.14 bits per heavy atom. The minimum absolute atomic E-state index is 0.202. The van der Waals surface area contributed by atoms with Crippen LogP contribution >= 0.6 is 38.5 Å². The fraction of sp³-hybridized carbons (Fsp3) is 0. The number of nitrogens with one attached hydrogen (secondary N) is 3. The second-order valence-electron chi connectivity index (χ2n) is 4.42. The van der Waals surface area contributed by atoms with Gasteiger partial charge in [-0.3, -0.25) is 4.79 Å². The van der Waals surface area contributed by atoms with E-state index in [4.69, 9.17) is 0 Å². The van der Waals surface area contributed by atoms with E-state index in [0.29, 0.717) is 26.8 Å². The first-order chi connectivity index (χ1) is 10.0. The van der Waals surface area contributed by atoms with Gasteiger partial charge in [0.25, 0.3) is 5.91 Å². The molecule has 0 saturated carbocycles. The lowest BCUT2D eigenvalue weighted by atomic mass is 10.2. The van der Waals surface area contributed by atoms with Crippen LogP contribution in [0.5, 0.6) is 0 Å². The van der Waals surface area contributed by atoms with Crippen LogP contribution in [0.2, 0.25) is 0 Å². The summed E-state index contributed by atoms with van der Waals surface area (Å²) in [6.45, 7) is 0. The normalized spacial score (nSPS) is 10.8. The second kappa shape index (κ2) is 5.64. The van der Waals surface area contributed by atoms with Crippen LogP contribution in [0.15, 0.2) is 45.7 Å². The van der Waals surface area contributed by atoms with E-state index >= 15 is 0 Å². The Bertz CT molecular complexity index is 901. The van der Waals surface area contributed by atoms with Crippen molar-refractivity contribution in [3.63, 3.8) is 0 Å². The molecule has 0 aliphatic heterocycles. The number of H-pyrrole nitrogens is 2. The van der Waals surface area contributed by atoms with E-state index in [-0.39, 0.29) is 11.6 Å². The molecule has 0 saturated heterocycles. The molecule has 7 heteroatoms. The van der Waals surface area contributed by atoms with E-state index in [1.54, 1.807) is 24.3 Å². The molecule has 0 aliphatic carbocycles. The van der Waals surface area contributed by atoms with Gasteiger partial charge in [0.05, 0.1) is 16.7 Å². The first-order valence-corrected chi connectivity index (χ1v) is 7.88. The molecule has 0 atom stereocenters. The lowest BCUT2D eigenvalue weighted by Crippen LogP contribution is -2.12. The summed E-state index contributed by atoms with van der Waals surface area (Å²) in [5.41, 5.74) is 2.22. The van der Waals surface area contributed by atoms with Crippen LogP contribution < -0.4 is 11.0 Å². The summed E-state index contributed by atoms with van der Waals surface area (Å²) >= 11 is 5.55. The maximum Gasteiger partial charge on any atom is 0.323 e. The molecule has 0 aliphatic rings. The average Bonchev–Trinajstić information content (AvgIpc) is 2.78. The highest BCUT2D eigenvalue weighted by molar-refractivity contribution is 14.1. The van der Waals surface area contributed by atoms with Crippen LogP contribution in [0.1, 0.15) is 10.4 Å². The molecule has 21 heavy (non-hydrogen) atoms. The van der Waals surface area contributed by atoms with Gasteiger partial charge in [-0.15, -0.1) is 0 Å². The van der Waals surface area contributed by atoms with Gasteiger partial charge in [-0.05, 0) is 68.9 Å².